The molecule has 2 aliphatic rings. The molecule has 1 N–H and O–H groups in total. The molecule has 3 heteroatoms. The number of rotatable bonds is 4. The Balaban J connectivity index is 2.06. The van der Waals surface area contributed by atoms with Crippen LogP contribution < -0.4 is 0 Å². The lowest BCUT2D eigenvalue weighted by atomic mass is 9.77. The number of carboxylic acids is 1. The Morgan fingerprint density at radius 1 is 1.43 bits per heavy atom. The largest absolute Gasteiger partial charge is 0.481 e. The van der Waals surface area contributed by atoms with Crippen LogP contribution in [0.15, 0.2) is 0 Å². The van der Waals surface area contributed by atoms with E-state index in [0.717, 1.165) is 39.0 Å². The van der Waals surface area contributed by atoms with Crippen LogP contribution in [-0.4, -0.2) is 23.5 Å². The number of fused-ring (bicyclic) bond motifs is 1. The highest BCUT2D eigenvalue weighted by atomic mass is 31.1. The monoisotopic (exact) mass is 212 g/mol. The second-order valence-electron chi connectivity index (χ2n) is 4.96. The fourth-order valence-corrected chi connectivity index (χ4v) is 4.10. The molecule has 0 aromatic carbocycles. The number of carbonyl (C=O) groups is 1. The van der Waals surface area contributed by atoms with Crippen LogP contribution in [0.4, 0.5) is 0 Å². The summed E-state index contributed by atoms with van der Waals surface area (Å²) in [6.07, 6.45) is 10.2. The molecule has 0 aromatic heterocycles. The summed E-state index contributed by atoms with van der Waals surface area (Å²) < 4.78 is 0. The van der Waals surface area contributed by atoms with Crippen molar-refractivity contribution in [2.75, 3.05) is 6.16 Å². The minimum absolute atomic E-state index is 0.0982. The summed E-state index contributed by atoms with van der Waals surface area (Å²) in [6.45, 7) is 0. The van der Waals surface area contributed by atoms with E-state index in [2.05, 4.69) is 6.30 Å². The molecule has 2 rings (SSSR count). The van der Waals surface area contributed by atoms with Crippen molar-refractivity contribution in [3.63, 3.8) is 0 Å². The number of carboxylic acid groups (broad SMARTS) is 1. The molecular formula is C11H17O2P. The summed E-state index contributed by atoms with van der Waals surface area (Å²) in [5.74, 6) is 1.06. The third-order valence-electron chi connectivity index (χ3n) is 3.94. The highest BCUT2D eigenvalue weighted by Gasteiger charge is 2.49. The lowest BCUT2D eigenvalue weighted by molar-refractivity contribution is -0.139. The van der Waals surface area contributed by atoms with Gasteiger partial charge in [0.15, 0.2) is 0 Å². The average Bonchev–Trinajstić information content (AvgIpc) is 2.29. The normalized spacial score (nSPS) is 40.6. The van der Waals surface area contributed by atoms with Crippen molar-refractivity contribution in [2.24, 2.45) is 17.3 Å². The van der Waals surface area contributed by atoms with Crippen LogP contribution in [-0.2, 0) is 4.79 Å². The van der Waals surface area contributed by atoms with Crippen molar-refractivity contribution in [1.82, 2.24) is 0 Å². The topological polar surface area (TPSA) is 37.3 Å². The van der Waals surface area contributed by atoms with Crippen molar-refractivity contribution in [1.29, 1.82) is 0 Å². The van der Waals surface area contributed by atoms with Crippen molar-refractivity contribution in [3.05, 3.63) is 0 Å². The van der Waals surface area contributed by atoms with Crippen LogP contribution in [0, 0.1) is 17.3 Å². The van der Waals surface area contributed by atoms with Gasteiger partial charge in [-0.25, -0.2) is 0 Å². The van der Waals surface area contributed by atoms with Gasteiger partial charge in [0.25, 0.3) is 0 Å². The second-order valence-corrected chi connectivity index (χ2v) is 5.72. The van der Waals surface area contributed by atoms with Gasteiger partial charge in [-0.3, -0.25) is 4.79 Å². The third kappa shape index (κ3) is 1.72. The van der Waals surface area contributed by atoms with E-state index in [-0.39, 0.29) is 5.41 Å². The van der Waals surface area contributed by atoms with Gasteiger partial charge in [0.2, 0.25) is 0 Å². The molecule has 1 unspecified atom stereocenters. The maximum Gasteiger partial charge on any atom is 0.303 e. The van der Waals surface area contributed by atoms with Crippen LogP contribution in [0.5, 0.6) is 0 Å². The Hall–Kier alpha value is -0.360. The minimum Gasteiger partial charge on any atom is -0.481 e. The molecule has 0 amide bonds. The SMILES string of the molecule is C=PCC1(CC(=O)O)C[C@H]2CC[C@H]2C1. The summed E-state index contributed by atoms with van der Waals surface area (Å²) in [5.41, 5.74) is 0.0982. The van der Waals surface area contributed by atoms with E-state index >= 15 is 0 Å². The lowest BCUT2D eigenvalue weighted by Gasteiger charge is -2.29. The maximum atomic E-state index is 10.8. The predicted molar refractivity (Wildman–Crippen MR) is 59.0 cm³/mol. The van der Waals surface area contributed by atoms with Gasteiger partial charge >= 0.3 is 5.97 Å². The summed E-state index contributed by atoms with van der Waals surface area (Å²) in [4.78, 5) is 10.8. The van der Waals surface area contributed by atoms with Gasteiger partial charge in [0.05, 0.1) is 6.42 Å². The van der Waals surface area contributed by atoms with E-state index in [4.69, 9.17) is 5.11 Å². The summed E-state index contributed by atoms with van der Waals surface area (Å²) in [5, 5.41) is 8.94. The fourth-order valence-electron chi connectivity index (χ4n) is 3.26. The van der Waals surface area contributed by atoms with E-state index in [9.17, 15) is 4.79 Å². The molecule has 3 atom stereocenters. The first kappa shape index (κ1) is 10.2. The summed E-state index contributed by atoms with van der Waals surface area (Å²) in [6, 6.07) is 0. The van der Waals surface area contributed by atoms with Gasteiger partial charge < -0.3 is 5.11 Å². The molecule has 0 heterocycles. The number of hydrogen-bond donors (Lipinski definition) is 1. The zero-order valence-corrected chi connectivity index (χ0v) is 9.30. The molecule has 2 nitrogen and oxygen atoms in total. The first-order chi connectivity index (χ1) is 6.65. The van der Waals surface area contributed by atoms with Gasteiger partial charge in [-0.15, -0.1) is 8.20 Å². The number of aliphatic carboxylic acids is 1. The third-order valence-corrected chi connectivity index (χ3v) is 4.83. The van der Waals surface area contributed by atoms with E-state index in [1.165, 1.54) is 12.8 Å². The Morgan fingerprint density at radius 2 is 2.00 bits per heavy atom. The van der Waals surface area contributed by atoms with Crippen molar-refractivity contribution in [3.8, 4) is 0 Å². The Bertz CT molecular complexity index is 250. The van der Waals surface area contributed by atoms with Gasteiger partial charge in [-0.1, -0.05) is 6.30 Å². The zero-order chi connectivity index (χ0) is 10.2. The average molecular weight is 212 g/mol. The molecule has 0 saturated heterocycles. The zero-order valence-electron chi connectivity index (χ0n) is 8.41. The number of hydrogen-bond acceptors (Lipinski definition) is 1. The first-order valence-electron chi connectivity index (χ1n) is 5.29. The molecule has 2 aliphatic carbocycles. The highest BCUT2D eigenvalue weighted by Crippen LogP contribution is 2.57. The maximum absolute atomic E-state index is 10.8. The van der Waals surface area contributed by atoms with Gasteiger partial charge in [-0.05, 0) is 49.1 Å². The second kappa shape index (κ2) is 3.66. The van der Waals surface area contributed by atoms with Crippen LogP contribution in [0.3, 0.4) is 0 Å². The quantitative estimate of drug-likeness (QED) is 0.727. The minimum atomic E-state index is -0.630. The van der Waals surface area contributed by atoms with E-state index in [1.807, 2.05) is 0 Å². The standard InChI is InChI=1S/C11H17O2P/c1-14-7-11(6-10(12)13)4-8-2-3-9(8)5-11/h8-9H,1-7H2,(H,12,13)/t8-,9+,11?. The Kier molecular flexibility index (Phi) is 2.66. The molecule has 0 bridgehead atoms. The summed E-state index contributed by atoms with van der Waals surface area (Å²) >= 11 is 0. The van der Waals surface area contributed by atoms with Gasteiger partial charge in [0.1, 0.15) is 0 Å². The van der Waals surface area contributed by atoms with E-state index < -0.39 is 5.97 Å². The molecule has 2 fully saturated rings. The smallest absolute Gasteiger partial charge is 0.303 e. The molecule has 0 radical (unpaired) electrons. The van der Waals surface area contributed by atoms with Crippen molar-refractivity contribution >= 4 is 20.5 Å². The van der Waals surface area contributed by atoms with E-state index in [0.29, 0.717) is 6.42 Å². The van der Waals surface area contributed by atoms with Gasteiger partial charge in [-0.2, -0.15) is 0 Å². The lowest BCUT2D eigenvalue weighted by Crippen LogP contribution is -2.23. The predicted octanol–water partition coefficient (Wildman–Crippen LogP) is 2.65. The molecule has 2 saturated carbocycles. The van der Waals surface area contributed by atoms with Crippen LogP contribution in [0.2, 0.25) is 0 Å². The Labute approximate surface area is 86.5 Å². The molecular weight excluding hydrogens is 195 g/mol. The first-order valence-corrected chi connectivity index (χ1v) is 6.56. The molecule has 0 spiro atoms. The Morgan fingerprint density at radius 3 is 2.36 bits per heavy atom. The van der Waals surface area contributed by atoms with Crippen molar-refractivity contribution < 1.29 is 9.90 Å². The van der Waals surface area contributed by atoms with Gasteiger partial charge in [0, 0.05) is 0 Å². The molecule has 14 heavy (non-hydrogen) atoms. The van der Waals surface area contributed by atoms with Crippen LogP contribution in [0.25, 0.3) is 0 Å². The highest BCUT2D eigenvalue weighted by molar-refractivity contribution is 7.36. The van der Waals surface area contributed by atoms with E-state index in [1.54, 1.807) is 0 Å². The molecule has 78 valence electrons. The molecule has 0 aliphatic heterocycles. The van der Waals surface area contributed by atoms with Crippen molar-refractivity contribution in [2.45, 2.75) is 32.1 Å². The molecule has 0 aromatic rings. The van der Waals surface area contributed by atoms with Crippen LogP contribution >= 0.6 is 8.20 Å². The van der Waals surface area contributed by atoms with Crippen LogP contribution in [0.1, 0.15) is 32.1 Å². The fraction of sp³-hybridized carbons (Fsp3) is 0.818. The summed E-state index contributed by atoms with van der Waals surface area (Å²) in [7, 11) is 1.11.